The van der Waals surface area contributed by atoms with Crippen LogP contribution in [0.4, 0.5) is 5.69 Å². The Morgan fingerprint density at radius 3 is 2.90 bits per heavy atom. The number of para-hydroxylation sites is 1. The summed E-state index contributed by atoms with van der Waals surface area (Å²) in [6.45, 7) is 4.31. The Labute approximate surface area is 125 Å². The predicted octanol–water partition coefficient (Wildman–Crippen LogP) is 1.26. The van der Waals surface area contributed by atoms with Crippen molar-refractivity contribution in [2.45, 2.75) is 19.9 Å². The molecule has 0 aliphatic carbocycles. The molecule has 1 heterocycles. The van der Waals surface area contributed by atoms with Crippen molar-refractivity contribution in [2.75, 3.05) is 24.3 Å². The lowest BCUT2D eigenvalue weighted by atomic mass is 10.1. The van der Waals surface area contributed by atoms with Crippen LogP contribution in [-0.2, 0) is 10.8 Å². The number of ether oxygens (including phenoxy) is 1. The molecule has 21 heavy (non-hydrogen) atoms. The number of nitrogen functional groups attached to an aromatic ring is 1. The van der Waals surface area contributed by atoms with Gasteiger partial charge in [-0.1, -0.05) is 6.07 Å². The average Bonchev–Trinajstić information content (AvgIpc) is 2.89. The average molecular weight is 309 g/mol. The number of nitrogens with zero attached hydrogens (tertiary/aromatic N) is 4. The Hall–Kier alpha value is -1.96. The Kier molecular flexibility index (Phi) is 4.89. The second-order valence-corrected chi connectivity index (χ2v) is 6.17. The Balaban J connectivity index is 2.46. The van der Waals surface area contributed by atoms with Crippen LogP contribution in [0.5, 0.6) is 5.75 Å². The minimum absolute atomic E-state index is 0.0864. The lowest BCUT2D eigenvalue weighted by Crippen LogP contribution is -2.16. The fraction of sp³-hybridized carbons (Fsp3) is 0.462. The third kappa shape index (κ3) is 3.38. The van der Waals surface area contributed by atoms with Crippen LogP contribution in [0.2, 0.25) is 0 Å². The van der Waals surface area contributed by atoms with Gasteiger partial charge in [0.25, 0.3) is 0 Å². The van der Waals surface area contributed by atoms with Crippen molar-refractivity contribution >= 4 is 16.5 Å². The van der Waals surface area contributed by atoms with E-state index in [1.807, 2.05) is 26.0 Å². The molecule has 0 aliphatic rings. The van der Waals surface area contributed by atoms with Gasteiger partial charge in [0.15, 0.2) is 11.6 Å². The van der Waals surface area contributed by atoms with Gasteiger partial charge >= 0.3 is 0 Å². The second kappa shape index (κ2) is 6.66. The smallest absolute Gasteiger partial charge is 0.186 e. The van der Waals surface area contributed by atoms with E-state index in [9.17, 15) is 4.21 Å². The minimum atomic E-state index is -0.930. The molecule has 2 unspecified atom stereocenters. The van der Waals surface area contributed by atoms with Crippen LogP contribution in [0.1, 0.15) is 19.9 Å². The van der Waals surface area contributed by atoms with E-state index in [2.05, 4.69) is 15.5 Å². The number of rotatable bonds is 6. The van der Waals surface area contributed by atoms with E-state index in [0.29, 0.717) is 29.6 Å². The number of hydrogen-bond donors (Lipinski definition) is 1. The van der Waals surface area contributed by atoms with Gasteiger partial charge in [0.05, 0.1) is 23.9 Å². The van der Waals surface area contributed by atoms with Crippen molar-refractivity contribution in [1.29, 1.82) is 0 Å². The van der Waals surface area contributed by atoms with E-state index in [-0.39, 0.29) is 6.04 Å². The molecule has 0 amide bonds. The van der Waals surface area contributed by atoms with E-state index < -0.39 is 10.8 Å². The summed E-state index contributed by atoms with van der Waals surface area (Å²) in [5.74, 6) is 1.61. The SMILES string of the molecule is CCOc1c(N)cccc1-c1nnnn1C(C)CS(C)=O. The summed E-state index contributed by atoms with van der Waals surface area (Å²) in [6.07, 6.45) is 1.66. The zero-order chi connectivity index (χ0) is 15.4. The highest BCUT2D eigenvalue weighted by Gasteiger charge is 2.20. The Morgan fingerprint density at radius 1 is 1.48 bits per heavy atom. The molecule has 0 saturated heterocycles. The molecule has 8 heteroatoms. The molecule has 1 aromatic heterocycles. The number of aromatic nitrogens is 4. The van der Waals surface area contributed by atoms with Crippen molar-refractivity contribution < 1.29 is 8.95 Å². The monoisotopic (exact) mass is 309 g/mol. The van der Waals surface area contributed by atoms with Crippen molar-refractivity contribution in [3.05, 3.63) is 18.2 Å². The van der Waals surface area contributed by atoms with Gasteiger partial charge in [-0.05, 0) is 36.4 Å². The first-order chi connectivity index (χ1) is 10.0. The maximum atomic E-state index is 11.4. The fourth-order valence-electron chi connectivity index (χ4n) is 2.11. The van der Waals surface area contributed by atoms with Crippen LogP contribution in [-0.4, -0.2) is 43.0 Å². The molecule has 0 aliphatic heterocycles. The van der Waals surface area contributed by atoms with Crippen molar-refractivity contribution in [3.63, 3.8) is 0 Å². The van der Waals surface area contributed by atoms with E-state index in [1.165, 1.54) is 0 Å². The third-order valence-corrected chi connectivity index (χ3v) is 3.91. The standard InChI is InChI=1S/C13H19N5O2S/c1-4-20-12-10(6-5-7-11(12)14)13-15-16-17-18(13)9(2)8-21(3)19/h5-7,9H,4,8,14H2,1-3H3. The summed E-state index contributed by atoms with van der Waals surface area (Å²) < 4.78 is 18.7. The van der Waals surface area contributed by atoms with Gasteiger partial charge < -0.3 is 10.5 Å². The lowest BCUT2D eigenvalue weighted by Gasteiger charge is -2.15. The molecule has 2 rings (SSSR count). The van der Waals surface area contributed by atoms with E-state index in [1.54, 1.807) is 17.0 Å². The molecule has 0 spiro atoms. The molecule has 0 saturated carbocycles. The second-order valence-electron chi connectivity index (χ2n) is 4.69. The van der Waals surface area contributed by atoms with Crippen LogP contribution in [0.25, 0.3) is 11.4 Å². The van der Waals surface area contributed by atoms with Crippen LogP contribution in [0.15, 0.2) is 18.2 Å². The van der Waals surface area contributed by atoms with Crippen molar-refractivity contribution in [2.24, 2.45) is 0 Å². The largest absolute Gasteiger partial charge is 0.491 e. The molecule has 2 atom stereocenters. The molecular weight excluding hydrogens is 290 g/mol. The van der Waals surface area contributed by atoms with Gasteiger partial charge in [-0.2, -0.15) is 0 Å². The normalized spacial score (nSPS) is 13.9. The minimum Gasteiger partial charge on any atom is -0.491 e. The van der Waals surface area contributed by atoms with E-state index in [0.717, 1.165) is 5.56 Å². The first kappa shape index (κ1) is 15.4. The van der Waals surface area contributed by atoms with Gasteiger partial charge in [0.1, 0.15) is 0 Å². The third-order valence-electron chi connectivity index (χ3n) is 2.96. The van der Waals surface area contributed by atoms with Crippen molar-refractivity contribution in [1.82, 2.24) is 20.2 Å². The van der Waals surface area contributed by atoms with Crippen LogP contribution >= 0.6 is 0 Å². The van der Waals surface area contributed by atoms with Gasteiger partial charge in [0.2, 0.25) is 0 Å². The van der Waals surface area contributed by atoms with E-state index in [4.69, 9.17) is 10.5 Å². The number of tetrazole rings is 1. The summed E-state index contributed by atoms with van der Waals surface area (Å²) >= 11 is 0. The summed E-state index contributed by atoms with van der Waals surface area (Å²) in [6, 6.07) is 5.37. The highest BCUT2D eigenvalue weighted by Crippen LogP contribution is 2.34. The molecule has 7 nitrogen and oxygen atoms in total. The maximum absolute atomic E-state index is 11.4. The highest BCUT2D eigenvalue weighted by atomic mass is 32.2. The molecule has 1 aromatic carbocycles. The summed E-state index contributed by atoms with van der Waals surface area (Å²) in [4.78, 5) is 0. The molecule has 2 aromatic rings. The first-order valence-corrected chi connectivity index (χ1v) is 8.36. The molecule has 0 radical (unpaired) electrons. The number of anilines is 1. The van der Waals surface area contributed by atoms with Gasteiger partial charge in [-0.25, -0.2) is 4.68 Å². The van der Waals surface area contributed by atoms with Gasteiger partial charge in [-0.15, -0.1) is 5.10 Å². The zero-order valence-electron chi connectivity index (χ0n) is 12.3. The van der Waals surface area contributed by atoms with Gasteiger partial charge in [-0.3, -0.25) is 4.21 Å². The number of hydrogen-bond acceptors (Lipinski definition) is 6. The van der Waals surface area contributed by atoms with E-state index >= 15 is 0 Å². The van der Waals surface area contributed by atoms with Crippen molar-refractivity contribution in [3.8, 4) is 17.1 Å². The number of benzene rings is 1. The van der Waals surface area contributed by atoms with Crippen LogP contribution in [0, 0.1) is 0 Å². The zero-order valence-corrected chi connectivity index (χ0v) is 13.1. The van der Waals surface area contributed by atoms with Crippen LogP contribution < -0.4 is 10.5 Å². The lowest BCUT2D eigenvalue weighted by molar-refractivity contribution is 0.343. The van der Waals surface area contributed by atoms with Crippen LogP contribution in [0.3, 0.4) is 0 Å². The summed E-state index contributed by atoms with van der Waals surface area (Å²) in [5, 5.41) is 11.8. The molecule has 0 fully saturated rings. The molecular formula is C13H19N5O2S. The number of nitrogens with two attached hydrogens (primary N) is 1. The first-order valence-electron chi connectivity index (χ1n) is 6.64. The van der Waals surface area contributed by atoms with Gasteiger partial charge in [0, 0.05) is 22.8 Å². The fourth-order valence-corrected chi connectivity index (χ4v) is 2.94. The molecule has 114 valence electrons. The molecule has 0 bridgehead atoms. The Bertz CT molecular complexity index is 643. The summed E-state index contributed by atoms with van der Waals surface area (Å²) in [5.41, 5.74) is 7.24. The Morgan fingerprint density at radius 2 is 2.24 bits per heavy atom. The summed E-state index contributed by atoms with van der Waals surface area (Å²) in [7, 11) is -0.930. The molecule has 2 N–H and O–H groups in total. The maximum Gasteiger partial charge on any atom is 0.186 e. The highest BCUT2D eigenvalue weighted by molar-refractivity contribution is 7.84. The topological polar surface area (TPSA) is 95.9 Å². The predicted molar refractivity (Wildman–Crippen MR) is 82.5 cm³/mol. The quantitative estimate of drug-likeness (QED) is 0.807.